The number of benzene rings is 1. The number of sulfone groups is 1. The maximum atomic E-state index is 13.0. The number of rotatable bonds is 5. The molecule has 31 heavy (non-hydrogen) atoms. The number of halogens is 1. The van der Waals surface area contributed by atoms with Crippen LogP contribution in [0.25, 0.3) is 0 Å². The quantitative estimate of drug-likeness (QED) is 0.718. The minimum absolute atomic E-state index is 0.0162. The molecule has 0 bridgehead atoms. The summed E-state index contributed by atoms with van der Waals surface area (Å²) in [6.07, 6.45) is 7.84. The molecule has 0 amide bonds. The molecule has 1 aliphatic heterocycles. The van der Waals surface area contributed by atoms with Gasteiger partial charge >= 0.3 is 0 Å². The zero-order chi connectivity index (χ0) is 22.0. The molecule has 2 aromatic rings. The SMILES string of the molecule is COc1ccc(S(=O)(=O)c2cnc(N3CCN(C4CCCCC4)CC3)nc2N)cc1Cl. The predicted molar refractivity (Wildman–Crippen MR) is 121 cm³/mol. The fourth-order valence-electron chi connectivity index (χ4n) is 4.41. The number of nitrogens with zero attached hydrogens (tertiary/aromatic N) is 4. The van der Waals surface area contributed by atoms with Crippen LogP contribution in [0.5, 0.6) is 5.75 Å². The summed E-state index contributed by atoms with van der Waals surface area (Å²) in [5, 5.41) is 0.204. The highest BCUT2D eigenvalue weighted by atomic mass is 35.5. The Morgan fingerprint density at radius 1 is 1.13 bits per heavy atom. The van der Waals surface area contributed by atoms with E-state index in [0.29, 0.717) is 17.7 Å². The first-order chi connectivity index (χ1) is 14.9. The molecule has 10 heteroatoms. The van der Waals surface area contributed by atoms with E-state index in [9.17, 15) is 8.42 Å². The highest BCUT2D eigenvalue weighted by Gasteiger charge is 2.28. The summed E-state index contributed by atoms with van der Waals surface area (Å²) in [4.78, 5) is 13.2. The van der Waals surface area contributed by atoms with Crippen LogP contribution in [0.15, 0.2) is 34.2 Å². The maximum absolute atomic E-state index is 13.0. The van der Waals surface area contributed by atoms with E-state index in [1.807, 2.05) is 0 Å². The van der Waals surface area contributed by atoms with Gasteiger partial charge in [0.15, 0.2) is 0 Å². The molecule has 0 spiro atoms. The van der Waals surface area contributed by atoms with Crippen LogP contribution in [0.4, 0.5) is 11.8 Å². The van der Waals surface area contributed by atoms with E-state index in [4.69, 9.17) is 22.1 Å². The number of aromatic nitrogens is 2. The lowest BCUT2D eigenvalue weighted by Gasteiger charge is -2.40. The fraction of sp³-hybridized carbons (Fsp3) is 0.524. The lowest BCUT2D eigenvalue weighted by atomic mass is 9.94. The van der Waals surface area contributed by atoms with Crippen LogP contribution in [0.1, 0.15) is 32.1 Å². The molecule has 2 N–H and O–H groups in total. The second-order valence-electron chi connectivity index (χ2n) is 8.03. The van der Waals surface area contributed by atoms with Crippen molar-refractivity contribution >= 4 is 33.2 Å². The van der Waals surface area contributed by atoms with Crippen molar-refractivity contribution in [2.45, 2.75) is 47.9 Å². The van der Waals surface area contributed by atoms with Gasteiger partial charge in [-0.1, -0.05) is 30.9 Å². The van der Waals surface area contributed by atoms with Gasteiger partial charge < -0.3 is 15.4 Å². The number of piperazine rings is 1. The Balaban J connectivity index is 1.49. The van der Waals surface area contributed by atoms with Gasteiger partial charge in [-0.25, -0.2) is 13.4 Å². The molecular weight excluding hydrogens is 438 g/mol. The smallest absolute Gasteiger partial charge is 0.227 e. The Hall–Kier alpha value is -2.10. The van der Waals surface area contributed by atoms with Gasteiger partial charge in [-0.05, 0) is 31.0 Å². The zero-order valence-electron chi connectivity index (χ0n) is 17.6. The minimum atomic E-state index is -3.90. The molecule has 1 saturated heterocycles. The van der Waals surface area contributed by atoms with Gasteiger partial charge in [0.05, 0.1) is 23.2 Å². The van der Waals surface area contributed by atoms with E-state index in [1.165, 1.54) is 63.6 Å². The summed E-state index contributed by atoms with van der Waals surface area (Å²) in [6.45, 7) is 3.52. The molecule has 1 saturated carbocycles. The molecule has 1 aromatic heterocycles. The van der Waals surface area contributed by atoms with Crippen molar-refractivity contribution in [3.8, 4) is 5.75 Å². The molecule has 168 valence electrons. The summed E-state index contributed by atoms with van der Waals surface area (Å²) in [6, 6.07) is 4.96. The van der Waals surface area contributed by atoms with Crippen LogP contribution in [-0.4, -0.2) is 62.6 Å². The van der Waals surface area contributed by atoms with Crippen LogP contribution in [-0.2, 0) is 9.84 Å². The molecule has 0 atom stereocenters. The third-order valence-corrected chi connectivity index (χ3v) is 8.24. The van der Waals surface area contributed by atoms with Crippen LogP contribution in [0.2, 0.25) is 5.02 Å². The van der Waals surface area contributed by atoms with Gasteiger partial charge in [0, 0.05) is 32.2 Å². The normalized spacial score (nSPS) is 18.8. The Morgan fingerprint density at radius 3 is 2.45 bits per heavy atom. The molecule has 0 unspecified atom stereocenters. The van der Waals surface area contributed by atoms with Gasteiger partial charge in [0.1, 0.15) is 16.5 Å². The van der Waals surface area contributed by atoms with E-state index in [0.717, 1.165) is 26.2 Å². The number of ether oxygens (including phenoxy) is 1. The lowest BCUT2D eigenvalue weighted by Crippen LogP contribution is -2.51. The van der Waals surface area contributed by atoms with Crippen molar-refractivity contribution in [3.05, 3.63) is 29.4 Å². The third kappa shape index (κ3) is 4.58. The second kappa shape index (κ2) is 9.18. The summed E-state index contributed by atoms with van der Waals surface area (Å²) in [5.41, 5.74) is 6.06. The van der Waals surface area contributed by atoms with Gasteiger partial charge in [0.2, 0.25) is 15.8 Å². The van der Waals surface area contributed by atoms with E-state index in [-0.39, 0.29) is 20.6 Å². The van der Waals surface area contributed by atoms with Gasteiger partial charge in [-0.2, -0.15) is 4.98 Å². The van der Waals surface area contributed by atoms with E-state index >= 15 is 0 Å². The van der Waals surface area contributed by atoms with Crippen LogP contribution in [0.3, 0.4) is 0 Å². The number of nitrogen functional groups attached to an aromatic ring is 1. The number of methoxy groups -OCH3 is 1. The molecular formula is C21H28ClN5O3S. The summed E-state index contributed by atoms with van der Waals surface area (Å²) in [7, 11) is -2.44. The molecule has 2 fully saturated rings. The van der Waals surface area contributed by atoms with Crippen molar-refractivity contribution in [2.75, 3.05) is 43.9 Å². The summed E-state index contributed by atoms with van der Waals surface area (Å²) in [5.74, 6) is 0.798. The van der Waals surface area contributed by atoms with Crippen LogP contribution in [0, 0.1) is 0 Å². The van der Waals surface area contributed by atoms with Crippen molar-refractivity contribution in [1.29, 1.82) is 0 Å². The predicted octanol–water partition coefficient (Wildman–Crippen LogP) is 3.01. The zero-order valence-corrected chi connectivity index (χ0v) is 19.2. The Kier molecular flexibility index (Phi) is 6.55. The highest BCUT2D eigenvalue weighted by molar-refractivity contribution is 7.91. The first-order valence-electron chi connectivity index (χ1n) is 10.6. The lowest BCUT2D eigenvalue weighted by molar-refractivity contribution is 0.147. The van der Waals surface area contributed by atoms with E-state index in [2.05, 4.69) is 19.8 Å². The van der Waals surface area contributed by atoms with Crippen molar-refractivity contribution < 1.29 is 13.2 Å². The Bertz CT molecular complexity index is 1040. The fourth-order valence-corrected chi connectivity index (χ4v) is 6.02. The number of nitrogens with two attached hydrogens (primary N) is 1. The van der Waals surface area contributed by atoms with Crippen molar-refractivity contribution in [3.63, 3.8) is 0 Å². The van der Waals surface area contributed by atoms with Crippen molar-refractivity contribution in [2.24, 2.45) is 0 Å². The van der Waals surface area contributed by atoms with Gasteiger partial charge in [-0.3, -0.25) is 4.90 Å². The minimum Gasteiger partial charge on any atom is -0.495 e. The average Bonchev–Trinajstić information content (AvgIpc) is 2.79. The molecule has 4 rings (SSSR count). The summed E-state index contributed by atoms with van der Waals surface area (Å²) >= 11 is 6.09. The molecule has 2 heterocycles. The van der Waals surface area contributed by atoms with Crippen LogP contribution < -0.4 is 15.4 Å². The first kappa shape index (κ1) is 22.1. The molecule has 1 aromatic carbocycles. The Labute approximate surface area is 188 Å². The number of hydrogen-bond donors (Lipinski definition) is 1. The van der Waals surface area contributed by atoms with E-state index < -0.39 is 9.84 Å². The average molecular weight is 466 g/mol. The molecule has 0 radical (unpaired) electrons. The van der Waals surface area contributed by atoms with E-state index in [1.54, 1.807) is 0 Å². The molecule has 2 aliphatic rings. The standard InChI is InChI=1S/C21H28ClN5O3S/c1-30-18-8-7-16(13-17(18)22)31(28,29)19-14-24-21(25-20(19)23)27-11-9-26(10-12-27)15-5-3-2-4-6-15/h7-8,13-15H,2-6,9-12H2,1H3,(H2,23,24,25). The largest absolute Gasteiger partial charge is 0.495 e. The van der Waals surface area contributed by atoms with Gasteiger partial charge in [0.25, 0.3) is 0 Å². The molecule has 1 aliphatic carbocycles. The maximum Gasteiger partial charge on any atom is 0.227 e. The summed E-state index contributed by atoms with van der Waals surface area (Å²) < 4.78 is 31.2. The first-order valence-corrected chi connectivity index (χ1v) is 12.5. The third-order valence-electron chi connectivity index (χ3n) is 6.18. The number of anilines is 2. The monoisotopic (exact) mass is 465 g/mol. The van der Waals surface area contributed by atoms with Crippen molar-refractivity contribution in [1.82, 2.24) is 14.9 Å². The second-order valence-corrected chi connectivity index (χ2v) is 10.4. The van der Waals surface area contributed by atoms with Gasteiger partial charge in [-0.15, -0.1) is 0 Å². The Morgan fingerprint density at radius 2 is 1.84 bits per heavy atom. The highest BCUT2D eigenvalue weighted by Crippen LogP contribution is 2.32. The molecule has 8 nitrogen and oxygen atoms in total. The van der Waals surface area contributed by atoms with Crippen LogP contribution >= 0.6 is 11.6 Å². The number of hydrogen-bond acceptors (Lipinski definition) is 8. The topological polar surface area (TPSA) is 102 Å².